The second-order valence-corrected chi connectivity index (χ2v) is 4.05. The highest BCUT2D eigenvalue weighted by atomic mass is 16.3. The number of hydrogen-bond donors (Lipinski definition) is 2. The van der Waals surface area contributed by atoms with Gasteiger partial charge in [-0.05, 0) is 5.56 Å². The molecule has 0 bridgehead atoms. The molecule has 1 atom stereocenters. The number of nitrogens with one attached hydrogen (secondary N) is 1. The summed E-state index contributed by atoms with van der Waals surface area (Å²) in [6.45, 7) is 0.805. The molecular formula is C13H17N3O. The molecular weight excluding hydrogens is 214 g/mol. The molecule has 0 saturated carbocycles. The Balaban J connectivity index is 1.97. The van der Waals surface area contributed by atoms with Crippen LogP contribution in [0.2, 0.25) is 0 Å². The molecule has 4 nitrogen and oxygen atoms in total. The van der Waals surface area contributed by atoms with Crippen molar-refractivity contribution >= 4 is 0 Å². The summed E-state index contributed by atoms with van der Waals surface area (Å²) >= 11 is 0. The van der Waals surface area contributed by atoms with E-state index in [9.17, 15) is 5.11 Å². The Morgan fingerprint density at radius 1 is 1.35 bits per heavy atom. The van der Waals surface area contributed by atoms with E-state index in [1.54, 1.807) is 10.9 Å². The first-order valence-corrected chi connectivity index (χ1v) is 5.66. The number of benzene rings is 1. The first-order chi connectivity index (χ1) is 8.29. The molecule has 0 aliphatic heterocycles. The molecule has 1 heterocycles. The van der Waals surface area contributed by atoms with E-state index in [0.717, 1.165) is 12.1 Å². The molecule has 2 aromatic rings. The van der Waals surface area contributed by atoms with Gasteiger partial charge in [-0.15, -0.1) is 0 Å². The molecule has 1 unspecified atom stereocenters. The number of nitrogens with zero attached hydrogens (tertiary/aromatic N) is 2. The molecule has 2 N–H and O–H groups in total. The fourth-order valence-corrected chi connectivity index (χ4v) is 1.74. The SMILES string of the molecule is Cn1cc(C(CO)NCc2ccccc2)cn1. The predicted molar refractivity (Wildman–Crippen MR) is 66.3 cm³/mol. The van der Waals surface area contributed by atoms with Gasteiger partial charge in [-0.3, -0.25) is 4.68 Å². The van der Waals surface area contributed by atoms with Crippen LogP contribution in [0.25, 0.3) is 0 Å². The minimum atomic E-state index is -0.0658. The second-order valence-electron chi connectivity index (χ2n) is 4.05. The maximum atomic E-state index is 9.37. The monoisotopic (exact) mass is 231 g/mol. The molecule has 1 aromatic carbocycles. The van der Waals surface area contributed by atoms with E-state index >= 15 is 0 Å². The van der Waals surface area contributed by atoms with Crippen molar-refractivity contribution in [3.05, 3.63) is 53.9 Å². The van der Waals surface area contributed by atoms with E-state index < -0.39 is 0 Å². The Labute approximate surface area is 101 Å². The summed E-state index contributed by atoms with van der Waals surface area (Å²) in [4.78, 5) is 0. The molecule has 0 radical (unpaired) electrons. The second kappa shape index (κ2) is 5.61. The standard InChI is InChI=1S/C13H17N3O/c1-16-9-12(8-15-16)13(10-17)14-7-11-5-3-2-4-6-11/h2-6,8-9,13-14,17H,7,10H2,1H3. The van der Waals surface area contributed by atoms with Crippen LogP contribution in [0.5, 0.6) is 0 Å². The molecule has 0 fully saturated rings. The molecule has 17 heavy (non-hydrogen) atoms. The lowest BCUT2D eigenvalue weighted by molar-refractivity contribution is 0.243. The van der Waals surface area contributed by atoms with Crippen LogP contribution in [-0.4, -0.2) is 21.5 Å². The summed E-state index contributed by atoms with van der Waals surface area (Å²) in [5, 5.41) is 16.8. The van der Waals surface area contributed by atoms with Gasteiger partial charge in [-0.25, -0.2) is 0 Å². The summed E-state index contributed by atoms with van der Waals surface area (Å²) in [5.41, 5.74) is 2.21. The van der Waals surface area contributed by atoms with Gasteiger partial charge in [-0.2, -0.15) is 5.10 Å². The van der Waals surface area contributed by atoms with Crippen LogP contribution in [0.1, 0.15) is 17.2 Å². The quantitative estimate of drug-likeness (QED) is 0.814. The Bertz CT molecular complexity index is 453. The molecule has 1 aromatic heterocycles. The van der Waals surface area contributed by atoms with Gasteiger partial charge in [0.1, 0.15) is 0 Å². The smallest absolute Gasteiger partial charge is 0.0627 e. The lowest BCUT2D eigenvalue weighted by Crippen LogP contribution is -2.23. The number of aliphatic hydroxyl groups is 1. The first kappa shape index (κ1) is 11.8. The van der Waals surface area contributed by atoms with Crippen LogP contribution in [0.3, 0.4) is 0 Å². The summed E-state index contributed by atoms with van der Waals surface area (Å²) in [6, 6.07) is 10.1. The first-order valence-electron chi connectivity index (χ1n) is 5.66. The minimum absolute atomic E-state index is 0.0658. The van der Waals surface area contributed by atoms with Crippen LogP contribution in [0.15, 0.2) is 42.7 Å². The van der Waals surface area contributed by atoms with Gasteiger partial charge in [-0.1, -0.05) is 30.3 Å². The van der Waals surface area contributed by atoms with Crippen LogP contribution in [0.4, 0.5) is 0 Å². The number of aryl methyl sites for hydroxylation is 1. The van der Waals surface area contributed by atoms with Crippen molar-refractivity contribution in [2.24, 2.45) is 7.05 Å². The summed E-state index contributed by atoms with van der Waals surface area (Å²) in [6.07, 6.45) is 3.69. The summed E-state index contributed by atoms with van der Waals surface area (Å²) in [7, 11) is 1.87. The van der Waals surface area contributed by atoms with Crippen LogP contribution in [0, 0.1) is 0 Å². The number of hydrogen-bond acceptors (Lipinski definition) is 3. The third kappa shape index (κ3) is 3.15. The van der Waals surface area contributed by atoms with E-state index in [1.165, 1.54) is 5.56 Å². The van der Waals surface area contributed by atoms with Crippen molar-refractivity contribution in [1.82, 2.24) is 15.1 Å². The topological polar surface area (TPSA) is 50.1 Å². The highest BCUT2D eigenvalue weighted by molar-refractivity contribution is 5.16. The van der Waals surface area contributed by atoms with Crippen molar-refractivity contribution in [1.29, 1.82) is 0 Å². The lowest BCUT2D eigenvalue weighted by Gasteiger charge is -2.14. The van der Waals surface area contributed by atoms with Gasteiger partial charge in [0.2, 0.25) is 0 Å². The molecule has 2 rings (SSSR count). The molecule has 90 valence electrons. The third-order valence-electron chi connectivity index (χ3n) is 2.71. The third-order valence-corrected chi connectivity index (χ3v) is 2.71. The average molecular weight is 231 g/mol. The fraction of sp³-hybridized carbons (Fsp3) is 0.308. The average Bonchev–Trinajstić information content (AvgIpc) is 2.78. The van der Waals surface area contributed by atoms with E-state index in [1.807, 2.05) is 31.4 Å². The minimum Gasteiger partial charge on any atom is -0.394 e. The highest BCUT2D eigenvalue weighted by Gasteiger charge is 2.11. The van der Waals surface area contributed by atoms with Crippen molar-refractivity contribution < 1.29 is 5.11 Å². The van der Waals surface area contributed by atoms with Gasteiger partial charge in [0.15, 0.2) is 0 Å². The molecule has 0 amide bonds. The predicted octanol–water partition coefficient (Wildman–Crippen LogP) is 1.24. The van der Waals surface area contributed by atoms with Crippen molar-refractivity contribution in [2.75, 3.05) is 6.61 Å². The molecule has 0 spiro atoms. The van der Waals surface area contributed by atoms with Gasteiger partial charge < -0.3 is 10.4 Å². The molecule has 0 saturated heterocycles. The van der Waals surface area contributed by atoms with Crippen LogP contribution >= 0.6 is 0 Å². The van der Waals surface area contributed by atoms with E-state index in [4.69, 9.17) is 0 Å². The Kier molecular flexibility index (Phi) is 3.90. The van der Waals surface area contributed by atoms with Crippen LogP contribution < -0.4 is 5.32 Å². The summed E-state index contributed by atoms with van der Waals surface area (Å²) < 4.78 is 1.74. The zero-order valence-electron chi connectivity index (χ0n) is 9.87. The largest absolute Gasteiger partial charge is 0.394 e. The van der Waals surface area contributed by atoms with Crippen LogP contribution in [-0.2, 0) is 13.6 Å². The van der Waals surface area contributed by atoms with E-state index in [-0.39, 0.29) is 12.6 Å². The van der Waals surface area contributed by atoms with Crippen molar-refractivity contribution in [2.45, 2.75) is 12.6 Å². The Morgan fingerprint density at radius 2 is 2.12 bits per heavy atom. The van der Waals surface area contributed by atoms with Gasteiger partial charge in [0, 0.05) is 25.4 Å². The summed E-state index contributed by atoms with van der Waals surface area (Å²) in [5.74, 6) is 0. The Hall–Kier alpha value is -1.65. The maximum absolute atomic E-state index is 9.37. The molecule has 4 heteroatoms. The number of rotatable bonds is 5. The van der Waals surface area contributed by atoms with Crippen molar-refractivity contribution in [3.8, 4) is 0 Å². The Morgan fingerprint density at radius 3 is 2.71 bits per heavy atom. The fourth-order valence-electron chi connectivity index (χ4n) is 1.74. The van der Waals surface area contributed by atoms with E-state index in [2.05, 4.69) is 22.5 Å². The zero-order valence-corrected chi connectivity index (χ0v) is 9.87. The maximum Gasteiger partial charge on any atom is 0.0627 e. The van der Waals surface area contributed by atoms with Crippen molar-refractivity contribution in [3.63, 3.8) is 0 Å². The van der Waals surface area contributed by atoms with Gasteiger partial charge >= 0.3 is 0 Å². The van der Waals surface area contributed by atoms with Gasteiger partial charge in [0.25, 0.3) is 0 Å². The lowest BCUT2D eigenvalue weighted by atomic mass is 10.1. The normalized spacial score (nSPS) is 12.6. The molecule has 0 aliphatic carbocycles. The van der Waals surface area contributed by atoms with Gasteiger partial charge in [0.05, 0.1) is 18.8 Å². The van der Waals surface area contributed by atoms with E-state index in [0.29, 0.717) is 0 Å². The zero-order chi connectivity index (χ0) is 12.1. The molecule has 0 aliphatic rings. The number of aromatic nitrogens is 2. The highest BCUT2D eigenvalue weighted by Crippen LogP contribution is 2.11. The number of aliphatic hydroxyl groups excluding tert-OH is 1.